The number of thioether (sulfide) groups is 1. The van der Waals surface area contributed by atoms with Crippen molar-refractivity contribution in [2.75, 3.05) is 30.8 Å². The summed E-state index contributed by atoms with van der Waals surface area (Å²) < 4.78 is 6.45. The summed E-state index contributed by atoms with van der Waals surface area (Å²) in [6.07, 6.45) is 8.64. The van der Waals surface area contributed by atoms with Crippen LogP contribution in [0, 0.1) is 0 Å². The third kappa shape index (κ3) is 5.56. The zero-order valence-corrected chi connectivity index (χ0v) is 16.5. The molecule has 1 atom stereocenters. The van der Waals surface area contributed by atoms with Crippen molar-refractivity contribution in [3.63, 3.8) is 0 Å². The van der Waals surface area contributed by atoms with Crippen molar-refractivity contribution in [2.24, 2.45) is 0 Å². The second-order valence-electron chi connectivity index (χ2n) is 6.65. The van der Waals surface area contributed by atoms with E-state index >= 15 is 0 Å². The van der Waals surface area contributed by atoms with Crippen molar-refractivity contribution >= 4 is 34.1 Å². The Balaban J connectivity index is 1.43. The lowest BCUT2D eigenvalue weighted by atomic mass is 9.94. The Kier molecular flexibility index (Phi) is 7.36. The Morgan fingerprint density at radius 3 is 2.84 bits per heavy atom. The van der Waals surface area contributed by atoms with Crippen molar-refractivity contribution in [3.8, 4) is 0 Å². The van der Waals surface area contributed by atoms with E-state index in [2.05, 4.69) is 27.3 Å². The van der Waals surface area contributed by atoms with Gasteiger partial charge in [-0.15, -0.1) is 10.2 Å². The van der Waals surface area contributed by atoms with Gasteiger partial charge in [0.25, 0.3) is 0 Å². The number of carbonyl (C=O) groups is 1. The molecule has 140 valence electrons. The van der Waals surface area contributed by atoms with Crippen LogP contribution in [0.2, 0.25) is 0 Å². The molecule has 0 aromatic carbocycles. The first-order valence-electron chi connectivity index (χ1n) is 9.37. The van der Waals surface area contributed by atoms with E-state index in [0.29, 0.717) is 11.8 Å². The van der Waals surface area contributed by atoms with Crippen LogP contribution >= 0.6 is 23.1 Å². The van der Waals surface area contributed by atoms with Crippen LogP contribution in [0.25, 0.3) is 0 Å². The van der Waals surface area contributed by atoms with Gasteiger partial charge in [-0.05, 0) is 32.6 Å². The summed E-state index contributed by atoms with van der Waals surface area (Å²) in [5, 5.41) is 12.5. The van der Waals surface area contributed by atoms with Crippen molar-refractivity contribution < 1.29 is 9.53 Å². The third-order valence-corrected chi connectivity index (χ3v) is 6.91. The quantitative estimate of drug-likeness (QED) is 0.693. The number of aromatic nitrogens is 2. The van der Waals surface area contributed by atoms with E-state index in [1.54, 1.807) is 0 Å². The Labute approximate surface area is 158 Å². The van der Waals surface area contributed by atoms with Crippen LogP contribution in [0.5, 0.6) is 0 Å². The van der Waals surface area contributed by atoms with E-state index in [0.717, 1.165) is 54.9 Å². The minimum atomic E-state index is 0.225. The summed E-state index contributed by atoms with van der Waals surface area (Å²) in [4.78, 5) is 14.6. The lowest BCUT2D eigenvalue weighted by Crippen LogP contribution is -2.42. The molecular weight excluding hydrogens is 356 g/mol. The van der Waals surface area contributed by atoms with Crippen LogP contribution in [0.3, 0.4) is 0 Å². The molecule has 25 heavy (non-hydrogen) atoms. The second kappa shape index (κ2) is 9.73. The molecule has 2 aliphatic rings. The maximum absolute atomic E-state index is 12.6. The summed E-state index contributed by atoms with van der Waals surface area (Å²) in [5.41, 5.74) is 0. The molecule has 0 bridgehead atoms. The fourth-order valence-corrected chi connectivity index (χ4v) is 5.23. The van der Waals surface area contributed by atoms with Crippen LogP contribution in [0.15, 0.2) is 4.34 Å². The number of hydrogen-bond donors (Lipinski definition) is 1. The van der Waals surface area contributed by atoms with E-state index in [9.17, 15) is 4.79 Å². The molecule has 1 amide bonds. The Bertz CT molecular complexity index is 543. The van der Waals surface area contributed by atoms with E-state index in [1.165, 1.54) is 42.4 Å². The van der Waals surface area contributed by atoms with Gasteiger partial charge in [0.15, 0.2) is 4.34 Å². The summed E-state index contributed by atoms with van der Waals surface area (Å²) in [7, 11) is 0. The fourth-order valence-electron chi connectivity index (χ4n) is 3.58. The van der Waals surface area contributed by atoms with Gasteiger partial charge >= 0.3 is 0 Å². The predicted molar refractivity (Wildman–Crippen MR) is 102 cm³/mol. The number of nitrogens with one attached hydrogen (secondary N) is 1. The van der Waals surface area contributed by atoms with E-state index in [4.69, 9.17) is 4.74 Å². The monoisotopic (exact) mass is 384 g/mol. The number of hydrogen-bond acceptors (Lipinski definition) is 7. The Morgan fingerprint density at radius 1 is 1.28 bits per heavy atom. The molecule has 1 aliphatic heterocycles. The van der Waals surface area contributed by atoms with E-state index in [-0.39, 0.29) is 12.0 Å². The van der Waals surface area contributed by atoms with Gasteiger partial charge in [-0.2, -0.15) is 0 Å². The van der Waals surface area contributed by atoms with E-state index < -0.39 is 0 Å². The van der Waals surface area contributed by atoms with Gasteiger partial charge in [0.2, 0.25) is 11.0 Å². The number of nitrogens with zero attached hydrogens (tertiary/aromatic N) is 3. The molecule has 1 aromatic rings. The van der Waals surface area contributed by atoms with Crippen LogP contribution in [0.1, 0.15) is 51.9 Å². The molecule has 1 saturated heterocycles. The van der Waals surface area contributed by atoms with Crippen molar-refractivity contribution in [2.45, 2.75) is 68.4 Å². The Morgan fingerprint density at radius 2 is 2.12 bits per heavy atom. The van der Waals surface area contributed by atoms with Crippen LogP contribution in [-0.4, -0.2) is 58.6 Å². The van der Waals surface area contributed by atoms with Gasteiger partial charge in [0, 0.05) is 25.7 Å². The summed E-state index contributed by atoms with van der Waals surface area (Å²) in [6, 6.07) is 0.435. The number of anilines is 1. The van der Waals surface area contributed by atoms with Gasteiger partial charge in [-0.25, -0.2) is 0 Å². The van der Waals surface area contributed by atoms with E-state index in [1.807, 2.05) is 0 Å². The first-order chi connectivity index (χ1) is 12.3. The highest BCUT2D eigenvalue weighted by Crippen LogP contribution is 2.28. The summed E-state index contributed by atoms with van der Waals surface area (Å²) in [6.45, 7) is 4.52. The minimum Gasteiger partial charge on any atom is -0.376 e. The van der Waals surface area contributed by atoms with Gasteiger partial charge in [-0.1, -0.05) is 42.4 Å². The largest absolute Gasteiger partial charge is 0.376 e. The number of carbonyl (C=O) groups excluding carboxylic acids is 1. The van der Waals surface area contributed by atoms with Crippen molar-refractivity contribution in [3.05, 3.63) is 0 Å². The normalized spacial score (nSPS) is 21.4. The first kappa shape index (κ1) is 18.9. The summed E-state index contributed by atoms with van der Waals surface area (Å²) >= 11 is 3.01. The lowest BCUT2D eigenvalue weighted by molar-refractivity contribution is -0.131. The fraction of sp³-hybridized carbons (Fsp3) is 0.824. The van der Waals surface area contributed by atoms with Crippen LogP contribution < -0.4 is 5.32 Å². The number of rotatable bonds is 8. The molecule has 1 saturated carbocycles. The number of ether oxygens (including phenoxy) is 1. The summed E-state index contributed by atoms with van der Waals surface area (Å²) in [5.74, 6) is 0.675. The molecule has 1 aliphatic carbocycles. The highest BCUT2D eigenvalue weighted by Gasteiger charge is 2.24. The van der Waals surface area contributed by atoms with Crippen LogP contribution in [-0.2, 0) is 9.53 Å². The predicted octanol–water partition coefficient (Wildman–Crippen LogP) is 3.40. The molecule has 2 fully saturated rings. The zero-order valence-electron chi connectivity index (χ0n) is 14.9. The van der Waals surface area contributed by atoms with Gasteiger partial charge in [0.1, 0.15) is 0 Å². The average molecular weight is 385 g/mol. The highest BCUT2D eigenvalue weighted by atomic mass is 32.2. The molecular formula is C17H28N4O2S2. The van der Waals surface area contributed by atoms with Crippen molar-refractivity contribution in [1.82, 2.24) is 15.1 Å². The minimum absolute atomic E-state index is 0.225. The molecule has 3 rings (SSSR count). The van der Waals surface area contributed by atoms with Crippen LogP contribution in [0.4, 0.5) is 5.13 Å². The molecule has 6 nitrogen and oxygen atoms in total. The standard InChI is InChI=1S/C17H28N4O2S2/c1-2-21(13-7-4-3-5-8-13)15(22)12-24-17-20-19-16(25-17)18-11-14-9-6-10-23-14/h13-14H,2-12H2,1H3,(H,18,19). The molecule has 2 heterocycles. The second-order valence-corrected chi connectivity index (χ2v) is 8.85. The SMILES string of the molecule is CCN(C(=O)CSc1nnc(NCC2CCCO2)s1)C1CCCCC1. The third-order valence-electron chi connectivity index (χ3n) is 4.91. The smallest absolute Gasteiger partial charge is 0.233 e. The zero-order chi connectivity index (χ0) is 17.5. The lowest BCUT2D eigenvalue weighted by Gasteiger charge is -2.33. The molecule has 1 N–H and O–H groups in total. The maximum atomic E-state index is 12.6. The van der Waals surface area contributed by atoms with Crippen molar-refractivity contribution in [1.29, 1.82) is 0 Å². The van der Waals surface area contributed by atoms with Gasteiger partial charge < -0.3 is 15.0 Å². The van der Waals surface area contributed by atoms with Gasteiger partial charge in [0.05, 0.1) is 11.9 Å². The molecule has 8 heteroatoms. The van der Waals surface area contributed by atoms with Gasteiger partial charge in [-0.3, -0.25) is 4.79 Å². The number of amides is 1. The topological polar surface area (TPSA) is 67.4 Å². The maximum Gasteiger partial charge on any atom is 0.233 e. The first-order valence-corrected chi connectivity index (χ1v) is 11.2. The average Bonchev–Trinajstić information content (AvgIpc) is 3.31. The Hall–Kier alpha value is -0.860. The molecule has 1 aromatic heterocycles. The molecule has 1 unspecified atom stereocenters. The molecule has 0 spiro atoms. The highest BCUT2D eigenvalue weighted by molar-refractivity contribution is 8.01. The molecule has 0 radical (unpaired) electrons.